The second-order valence-corrected chi connectivity index (χ2v) is 4.09. The maximum Gasteiger partial charge on any atom is 0.152 e. The van der Waals surface area contributed by atoms with Gasteiger partial charge in [0.15, 0.2) is 4.34 Å². The van der Waals surface area contributed by atoms with Gasteiger partial charge in [-0.1, -0.05) is 18.7 Å². The quantitative estimate of drug-likeness (QED) is 0.714. The summed E-state index contributed by atoms with van der Waals surface area (Å²) in [6, 6.07) is 0. The molecule has 0 bridgehead atoms. The fraction of sp³-hybridized carbons (Fsp3) is 0.500. The highest BCUT2D eigenvalue weighted by molar-refractivity contribution is 8.01. The van der Waals surface area contributed by atoms with Crippen molar-refractivity contribution in [2.75, 3.05) is 11.5 Å². The van der Waals surface area contributed by atoms with Crippen LogP contribution in [0.25, 0.3) is 0 Å². The van der Waals surface area contributed by atoms with E-state index < -0.39 is 0 Å². The van der Waals surface area contributed by atoms with Crippen LogP contribution < -0.4 is 5.73 Å². The Balaban J connectivity index is 2.42. The molecule has 0 aromatic carbocycles. The van der Waals surface area contributed by atoms with Gasteiger partial charge in [-0.15, -0.1) is 11.3 Å². The summed E-state index contributed by atoms with van der Waals surface area (Å²) in [4.78, 5) is 4.11. The summed E-state index contributed by atoms with van der Waals surface area (Å²) in [6.45, 7) is 2.16. The molecule has 56 valence electrons. The van der Waals surface area contributed by atoms with Crippen molar-refractivity contribution in [1.29, 1.82) is 0 Å². The van der Waals surface area contributed by atoms with Crippen molar-refractivity contribution in [2.45, 2.75) is 17.7 Å². The molecule has 0 unspecified atom stereocenters. The fourth-order valence-corrected chi connectivity index (χ4v) is 2.17. The SMILES string of the molecule is CCCSc1nc(N)cs1. The Morgan fingerprint density at radius 1 is 1.80 bits per heavy atom. The van der Waals surface area contributed by atoms with Crippen molar-refractivity contribution < 1.29 is 0 Å². The summed E-state index contributed by atoms with van der Waals surface area (Å²) in [6.07, 6.45) is 1.18. The van der Waals surface area contributed by atoms with Crippen molar-refractivity contribution in [3.8, 4) is 0 Å². The zero-order valence-electron chi connectivity index (χ0n) is 5.83. The minimum atomic E-state index is 0.642. The Hall–Kier alpha value is -0.220. The standard InChI is InChI=1S/C6H10N2S2/c1-2-3-9-6-8-5(7)4-10-6/h4H,2-3,7H2,1H3. The molecular formula is C6H10N2S2. The summed E-state index contributed by atoms with van der Waals surface area (Å²) < 4.78 is 1.08. The molecular weight excluding hydrogens is 164 g/mol. The highest BCUT2D eigenvalue weighted by Crippen LogP contribution is 2.23. The molecule has 0 aliphatic heterocycles. The van der Waals surface area contributed by atoms with E-state index >= 15 is 0 Å². The van der Waals surface area contributed by atoms with Crippen LogP contribution in [0.5, 0.6) is 0 Å². The van der Waals surface area contributed by atoms with E-state index in [9.17, 15) is 0 Å². The van der Waals surface area contributed by atoms with Gasteiger partial charge in [0.2, 0.25) is 0 Å². The monoisotopic (exact) mass is 174 g/mol. The van der Waals surface area contributed by atoms with Gasteiger partial charge in [-0.3, -0.25) is 0 Å². The van der Waals surface area contributed by atoms with E-state index in [1.807, 2.05) is 5.38 Å². The fourth-order valence-electron chi connectivity index (χ4n) is 0.525. The molecule has 1 rings (SSSR count). The van der Waals surface area contributed by atoms with Crippen LogP contribution >= 0.6 is 23.1 Å². The second-order valence-electron chi connectivity index (χ2n) is 1.89. The number of rotatable bonds is 3. The normalized spacial score (nSPS) is 10.1. The van der Waals surface area contributed by atoms with Gasteiger partial charge in [0.25, 0.3) is 0 Å². The lowest BCUT2D eigenvalue weighted by Crippen LogP contribution is -1.82. The molecule has 0 saturated heterocycles. The van der Waals surface area contributed by atoms with Crippen molar-refractivity contribution >= 4 is 28.9 Å². The average molecular weight is 174 g/mol. The molecule has 0 aliphatic carbocycles. The summed E-state index contributed by atoms with van der Waals surface area (Å²) >= 11 is 3.38. The number of nitrogen functional groups attached to an aromatic ring is 1. The Morgan fingerprint density at radius 3 is 3.10 bits per heavy atom. The highest BCUT2D eigenvalue weighted by atomic mass is 32.2. The molecule has 0 aliphatic rings. The van der Waals surface area contributed by atoms with Gasteiger partial charge in [-0.05, 0) is 6.42 Å². The molecule has 1 aromatic heterocycles. The third kappa shape index (κ3) is 2.19. The van der Waals surface area contributed by atoms with E-state index in [-0.39, 0.29) is 0 Å². The number of anilines is 1. The number of hydrogen-bond donors (Lipinski definition) is 1. The first-order valence-electron chi connectivity index (χ1n) is 3.16. The third-order valence-corrected chi connectivity index (χ3v) is 3.18. The topological polar surface area (TPSA) is 38.9 Å². The molecule has 2 N–H and O–H groups in total. The van der Waals surface area contributed by atoms with Gasteiger partial charge in [-0.2, -0.15) is 0 Å². The third-order valence-electron chi connectivity index (χ3n) is 0.931. The van der Waals surface area contributed by atoms with Crippen molar-refractivity contribution in [3.63, 3.8) is 0 Å². The first-order valence-corrected chi connectivity index (χ1v) is 5.03. The van der Waals surface area contributed by atoms with Gasteiger partial charge in [0, 0.05) is 11.1 Å². The number of thiazole rings is 1. The maximum absolute atomic E-state index is 5.44. The van der Waals surface area contributed by atoms with Crippen LogP contribution in [0.4, 0.5) is 5.82 Å². The van der Waals surface area contributed by atoms with E-state index in [0.717, 1.165) is 10.1 Å². The average Bonchev–Trinajstić information content (AvgIpc) is 2.31. The van der Waals surface area contributed by atoms with Crippen molar-refractivity contribution in [2.24, 2.45) is 0 Å². The van der Waals surface area contributed by atoms with E-state index in [4.69, 9.17) is 5.73 Å². The van der Waals surface area contributed by atoms with Gasteiger partial charge in [0.05, 0.1) is 0 Å². The number of nitrogens with two attached hydrogens (primary N) is 1. The number of hydrogen-bond acceptors (Lipinski definition) is 4. The van der Waals surface area contributed by atoms with Crippen LogP contribution in [-0.4, -0.2) is 10.7 Å². The lowest BCUT2D eigenvalue weighted by Gasteiger charge is -1.89. The molecule has 10 heavy (non-hydrogen) atoms. The zero-order chi connectivity index (χ0) is 7.40. The zero-order valence-corrected chi connectivity index (χ0v) is 7.47. The Morgan fingerprint density at radius 2 is 2.60 bits per heavy atom. The molecule has 1 heterocycles. The minimum absolute atomic E-state index is 0.642. The van der Waals surface area contributed by atoms with Crippen molar-refractivity contribution in [3.05, 3.63) is 5.38 Å². The maximum atomic E-state index is 5.44. The Bertz CT molecular complexity index is 197. The van der Waals surface area contributed by atoms with Gasteiger partial charge < -0.3 is 5.73 Å². The van der Waals surface area contributed by atoms with E-state index in [2.05, 4.69) is 11.9 Å². The molecule has 0 amide bonds. The van der Waals surface area contributed by atoms with Crippen LogP contribution in [0.3, 0.4) is 0 Å². The summed E-state index contributed by atoms with van der Waals surface area (Å²) in [5.74, 6) is 1.77. The van der Waals surface area contributed by atoms with E-state index in [1.54, 1.807) is 23.1 Å². The lowest BCUT2D eigenvalue weighted by atomic mass is 10.6. The van der Waals surface area contributed by atoms with Gasteiger partial charge in [0.1, 0.15) is 5.82 Å². The van der Waals surface area contributed by atoms with Crippen LogP contribution in [0, 0.1) is 0 Å². The molecule has 4 heteroatoms. The Labute approximate surface area is 68.8 Å². The van der Waals surface area contributed by atoms with Crippen LogP contribution in [0.15, 0.2) is 9.72 Å². The highest BCUT2D eigenvalue weighted by Gasteiger charge is 1.96. The number of nitrogens with zero attached hydrogens (tertiary/aromatic N) is 1. The first kappa shape index (κ1) is 7.88. The smallest absolute Gasteiger partial charge is 0.152 e. The van der Waals surface area contributed by atoms with Crippen LogP contribution in [-0.2, 0) is 0 Å². The summed E-state index contributed by atoms with van der Waals surface area (Å²) in [5.41, 5.74) is 5.44. The largest absolute Gasteiger partial charge is 0.383 e. The molecule has 2 nitrogen and oxygen atoms in total. The van der Waals surface area contributed by atoms with E-state index in [0.29, 0.717) is 5.82 Å². The van der Waals surface area contributed by atoms with Crippen LogP contribution in [0.1, 0.15) is 13.3 Å². The van der Waals surface area contributed by atoms with Gasteiger partial charge in [-0.25, -0.2) is 4.98 Å². The second kappa shape index (κ2) is 3.83. The first-order chi connectivity index (χ1) is 4.83. The number of thioether (sulfide) groups is 1. The molecule has 0 spiro atoms. The Kier molecular flexibility index (Phi) is 3.02. The molecule has 0 radical (unpaired) electrons. The van der Waals surface area contributed by atoms with Crippen LogP contribution in [0.2, 0.25) is 0 Å². The van der Waals surface area contributed by atoms with E-state index in [1.165, 1.54) is 6.42 Å². The predicted octanol–water partition coefficient (Wildman–Crippen LogP) is 2.23. The van der Waals surface area contributed by atoms with Gasteiger partial charge >= 0.3 is 0 Å². The summed E-state index contributed by atoms with van der Waals surface area (Å²) in [7, 11) is 0. The number of aromatic nitrogens is 1. The lowest BCUT2D eigenvalue weighted by molar-refractivity contribution is 1.10. The predicted molar refractivity (Wildman–Crippen MR) is 47.5 cm³/mol. The summed E-state index contributed by atoms with van der Waals surface area (Å²) in [5, 5.41) is 1.87. The minimum Gasteiger partial charge on any atom is -0.383 e. The molecule has 0 saturated carbocycles. The van der Waals surface area contributed by atoms with Crippen molar-refractivity contribution in [1.82, 2.24) is 4.98 Å². The molecule has 0 atom stereocenters. The molecule has 1 aromatic rings. The molecule has 0 fully saturated rings.